The van der Waals surface area contributed by atoms with Crippen LogP contribution in [0, 0.1) is 5.92 Å². The van der Waals surface area contributed by atoms with Gasteiger partial charge in [-0.25, -0.2) is 0 Å². The molecule has 2 aromatic rings. The fourth-order valence-corrected chi connectivity index (χ4v) is 4.67. The lowest BCUT2D eigenvalue weighted by molar-refractivity contribution is -0.132. The van der Waals surface area contributed by atoms with E-state index < -0.39 is 0 Å². The van der Waals surface area contributed by atoms with Crippen molar-refractivity contribution in [1.82, 2.24) is 20.0 Å². The number of carbonyl (C=O) groups is 1. The van der Waals surface area contributed by atoms with Crippen LogP contribution in [0.25, 0.3) is 11.5 Å². The Morgan fingerprint density at radius 3 is 2.71 bits per heavy atom. The molecule has 0 bridgehead atoms. The number of carbonyl (C=O) groups excluding carboxylic acids is 1. The second-order valence-corrected chi connectivity index (χ2v) is 8.22. The normalized spacial score (nSPS) is 20.6. The van der Waals surface area contributed by atoms with E-state index in [1.54, 1.807) is 12.4 Å². The number of likely N-dealkylation sites (tertiary alicyclic amines) is 1. The second kappa shape index (κ2) is 9.30. The molecule has 2 fully saturated rings. The molecular weight excluding hydrogens is 352 g/mol. The van der Waals surface area contributed by atoms with Gasteiger partial charge in [0.15, 0.2) is 5.82 Å². The van der Waals surface area contributed by atoms with Crippen LogP contribution in [0.4, 0.5) is 0 Å². The number of rotatable bonds is 7. The van der Waals surface area contributed by atoms with Crippen molar-refractivity contribution in [1.29, 1.82) is 0 Å². The van der Waals surface area contributed by atoms with Gasteiger partial charge in [0.2, 0.25) is 5.91 Å². The SMILES string of the molecule is O=C(CCC1CCCCC1)N1CCCC1CCc1noc(-c2ccncc2)n1. The third kappa shape index (κ3) is 4.78. The molecule has 1 atom stereocenters. The van der Waals surface area contributed by atoms with Crippen LogP contribution in [-0.4, -0.2) is 38.5 Å². The maximum Gasteiger partial charge on any atom is 0.258 e. The Hall–Kier alpha value is -2.24. The molecule has 150 valence electrons. The summed E-state index contributed by atoms with van der Waals surface area (Å²) in [4.78, 5) is 23.4. The van der Waals surface area contributed by atoms with Gasteiger partial charge in [-0.1, -0.05) is 37.3 Å². The summed E-state index contributed by atoms with van der Waals surface area (Å²) >= 11 is 0. The molecular formula is C22H30N4O2. The van der Waals surface area contributed by atoms with Crippen molar-refractivity contribution in [3.05, 3.63) is 30.4 Å². The van der Waals surface area contributed by atoms with E-state index in [0.717, 1.165) is 56.6 Å². The molecule has 0 aromatic carbocycles. The standard InChI is InChI=1S/C22H30N4O2/c27-21(11-8-17-5-2-1-3-6-17)26-16-4-7-19(26)9-10-20-24-22(28-25-20)18-12-14-23-15-13-18/h12-15,17,19H,1-11,16H2. The van der Waals surface area contributed by atoms with Gasteiger partial charge in [-0.05, 0) is 43.7 Å². The molecule has 2 aliphatic rings. The van der Waals surface area contributed by atoms with E-state index in [4.69, 9.17) is 4.52 Å². The van der Waals surface area contributed by atoms with Gasteiger partial charge in [-0.15, -0.1) is 0 Å². The molecule has 1 aliphatic heterocycles. The van der Waals surface area contributed by atoms with Crippen molar-refractivity contribution >= 4 is 5.91 Å². The largest absolute Gasteiger partial charge is 0.340 e. The summed E-state index contributed by atoms with van der Waals surface area (Å²) in [5, 5.41) is 4.11. The Kier molecular flexibility index (Phi) is 6.34. The summed E-state index contributed by atoms with van der Waals surface area (Å²) in [7, 11) is 0. The average Bonchev–Trinajstić information content (AvgIpc) is 3.41. The van der Waals surface area contributed by atoms with Gasteiger partial charge in [0.05, 0.1) is 0 Å². The maximum absolute atomic E-state index is 12.8. The van der Waals surface area contributed by atoms with Crippen LogP contribution in [0.5, 0.6) is 0 Å². The lowest BCUT2D eigenvalue weighted by Crippen LogP contribution is -2.36. The first-order valence-electron chi connectivity index (χ1n) is 10.8. The van der Waals surface area contributed by atoms with Crippen molar-refractivity contribution in [2.75, 3.05) is 6.54 Å². The van der Waals surface area contributed by atoms with Gasteiger partial charge in [-0.2, -0.15) is 4.98 Å². The van der Waals surface area contributed by atoms with Crippen LogP contribution < -0.4 is 0 Å². The van der Waals surface area contributed by atoms with E-state index in [1.165, 1.54) is 32.1 Å². The summed E-state index contributed by atoms with van der Waals surface area (Å²) in [6.45, 7) is 0.905. The quantitative estimate of drug-likeness (QED) is 0.709. The van der Waals surface area contributed by atoms with E-state index in [2.05, 4.69) is 20.0 Å². The molecule has 2 aromatic heterocycles. The molecule has 1 saturated heterocycles. The van der Waals surface area contributed by atoms with Crippen molar-refractivity contribution in [3.63, 3.8) is 0 Å². The average molecular weight is 383 g/mol. The number of hydrogen-bond donors (Lipinski definition) is 0. The van der Waals surface area contributed by atoms with Crippen LogP contribution in [0.3, 0.4) is 0 Å². The summed E-state index contributed by atoms with van der Waals surface area (Å²) in [5.41, 5.74) is 0.883. The van der Waals surface area contributed by atoms with Crippen LogP contribution >= 0.6 is 0 Å². The third-order valence-electron chi connectivity index (χ3n) is 6.29. The minimum Gasteiger partial charge on any atom is -0.340 e. The smallest absolute Gasteiger partial charge is 0.258 e. The highest BCUT2D eigenvalue weighted by Crippen LogP contribution is 2.29. The highest BCUT2D eigenvalue weighted by Gasteiger charge is 2.29. The minimum absolute atomic E-state index is 0.321. The second-order valence-electron chi connectivity index (χ2n) is 8.22. The Labute approximate surface area is 166 Å². The number of pyridine rings is 1. The zero-order chi connectivity index (χ0) is 19.2. The van der Waals surface area contributed by atoms with Gasteiger partial charge in [0.1, 0.15) is 0 Å². The molecule has 1 aliphatic carbocycles. The molecule has 0 radical (unpaired) electrons. The topological polar surface area (TPSA) is 72.1 Å². The Morgan fingerprint density at radius 1 is 1.07 bits per heavy atom. The van der Waals surface area contributed by atoms with E-state index >= 15 is 0 Å². The predicted molar refractivity (Wildman–Crippen MR) is 106 cm³/mol. The van der Waals surface area contributed by atoms with E-state index in [-0.39, 0.29) is 0 Å². The Bertz CT molecular complexity index is 755. The van der Waals surface area contributed by atoms with Gasteiger partial charge in [0.25, 0.3) is 5.89 Å². The molecule has 4 rings (SSSR count). The third-order valence-corrected chi connectivity index (χ3v) is 6.29. The van der Waals surface area contributed by atoms with Crippen LogP contribution in [0.15, 0.2) is 29.0 Å². The van der Waals surface area contributed by atoms with E-state index in [0.29, 0.717) is 23.7 Å². The summed E-state index contributed by atoms with van der Waals surface area (Å²) < 4.78 is 5.38. The van der Waals surface area contributed by atoms with Crippen LogP contribution in [0.1, 0.15) is 70.0 Å². The fraction of sp³-hybridized carbons (Fsp3) is 0.636. The van der Waals surface area contributed by atoms with Gasteiger partial charge in [-0.3, -0.25) is 9.78 Å². The first kappa shape index (κ1) is 19.1. The number of nitrogens with zero attached hydrogens (tertiary/aromatic N) is 4. The fourth-order valence-electron chi connectivity index (χ4n) is 4.67. The number of aryl methyl sites for hydroxylation is 1. The molecule has 6 nitrogen and oxygen atoms in total. The van der Waals surface area contributed by atoms with E-state index in [9.17, 15) is 4.79 Å². The summed E-state index contributed by atoms with van der Waals surface area (Å²) in [5.74, 6) is 2.36. The molecule has 28 heavy (non-hydrogen) atoms. The van der Waals surface area contributed by atoms with Gasteiger partial charge < -0.3 is 9.42 Å². The number of aromatic nitrogens is 3. The monoisotopic (exact) mass is 382 g/mol. The predicted octanol–water partition coefficient (Wildman–Crippen LogP) is 4.42. The van der Waals surface area contributed by atoms with Crippen molar-refractivity contribution in [3.8, 4) is 11.5 Å². The first-order valence-corrected chi connectivity index (χ1v) is 10.8. The van der Waals surface area contributed by atoms with E-state index in [1.807, 2.05) is 12.1 Å². The van der Waals surface area contributed by atoms with Crippen LogP contribution in [0.2, 0.25) is 0 Å². The van der Waals surface area contributed by atoms with Crippen molar-refractivity contribution in [2.24, 2.45) is 5.92 Å². The lowest BCUT2D eigenvalue weighted by atomic mass is 9.86. The van der Waals surface area contributed by atoms with Gasteiger partial charge in [0, 0.05) is 43.4 Å². The first-order chi connectivity index (χ1) is 13.8. The minimum atomic E-state index is 0.321. The molecule has 0 N–H and O–H groups in total. The molecule has 0 spiro atoms. The molecule has 6 heteroatoms. The zero-order valence-corrected chi connectivity index (χ0v) is 16.6. The van der Waals surface area contributed by atoms with Crippen molar-refractivity contribution < 1.29 is 9.32 Å². The molecule has 1 saturated carbocycles. The van der Waals surface area contributed by atoms with Crippen molar-refractivity contribution in [2.45, 2.75) is 76.7 Å². The zero-order valence-electron chi connectivity index (χ0n) is 16.6. The summed E-state index contributed by atoms with van der Waals surface area (Å²) in [6.07, 6.45) is 15.8. The van der Waals surface area contributed by atoms with Gasteiger partial charge >= 0.3 is 0 Å². The molecule has 3 heterocycles. The number of amides is 1. The Morgan fingerprint density at radius 2 is 1.89 bits per heavy atom. The highest BCUT2D eigenvalue weighted by atomic mass is 16.5. The molecule has 1 unspecified atom stereocenters. The van der Waals surface area contributed by atoms with Crippen LogP contribution in [-0.2, 0) is 11.2 Å². The highest BCUT2D eigenvalue weighted by molar-refractivity contribution is 5.76. The number of hydrogen-bond acceptors (Lipinski definition) is 5. The lowest BCUT2D eigenvalue weighted by Gasteiger charge is -2.26. The summed E-state index contributed by atoms with van der Waals surface area (Å²) in [6, 6.07) is 4.05. The Balaban J connectivity index is 1.27. The molecule has 1 amide bonds. The maximum atomic E-state index is 12.8.